The number of rotatable bonds is 6. The summed E-state index contributed by atoms with van der Waals surface area (Å²) in [6.07, 6.45) is 8.24. The quantitative estimate of drug-likeness (QED) is 0.608. The van der Waals surface area contributed by atoms with Crippen molar-refractivity contribution in [3.8, 4) is 5.69 Å². The second-order valence-electron chi connectivity index (χ2n) is 7.36. The molecule has 0 aliphatic rings. The van der Waals surface area contributed by atoms with E-state index in [0.29, 0.717) is 11.6 Å². The number of imidazole rings is 1. The number of fused-ring (bicyclic) bond motifs is 1. The summed E-state index contributed by atoms with van der Waals surface area (Å²) >= 11 is 0. The summed E-state index contributed by atoms with van der Waals surface area (Å²) in [5, 5.41) is 0. The van der Waals surface area contributed by atoms with Crippen molar-refractivity contribution in [3.63, 3.8) is 0 Å². The molecule has 0 unspecified atom stereocenters. The minimum Gasteiger partial charge on any atom is -0.328 e. The van der Waals surface area contributed by atoms with Gasteiger partial charge in [0.25, 0.3) is 0 Å². The summed E-state index contributed by atoms with van der Waals surface area (Å²) < 4.78 is 4.20. The van der Waals surface area contributed by atoms with E-state index >= 15 is 0 Å². The topological polar surface area (TPSA) is 39.8 Å². The zero-order chi connectivity index (χ0) is 18.8. The summed E-state index contributed by atoms with van der Waals surface area (Å²) in [6.45, 7) is 10.5. The molecule has 0 radical (unpaired) electrons. The molecule has 138 valence electrons. The molecule has 0 N–H and O–H groups in total. The fraction of sp³-hybridized carbons (Fsp3) is 0.455. The van der Waals surface area contributed by atoms with E-state index in [-0.39, 0.29) is 5.43 Å². The molecule has 1 aromatic carbocycles. The fourth-order valence-corrected chi connectivity index (χ4v) is 3.88. The third-order valence-corrected chi connectivity index (χ3v) is 5.15. The molecule has 0 saturated carbocycles. The van der Waals surface area contributed by atoms with Crippen molar-refractivity contribution < 1.29 is 0 Å². The lowest BCUT2D eigenvalue weighted by atomic mass is 10.1. The number of hydrogen-bond acceptors (Lipinski definition) is 2. The molecule has 0 bridgehead atoms. The van der Waals surface area contributed by atoms with Crippen LogP contribution in [0.1, 0.15) is 62.3 Å². The summed E-state index contributed by atoms with van der Waals surface area (Å²) in [4.78, 5) is 17.6. The van der Waals surface area contributed by atoms with Gasteiger partial charge in [0.1, 0.15) is 11.8 Å². The number of nitrogens with zero attached hydrogens (tertiary/aromatic N) is 3. The highest BCUT2D eigenvalue weighted by molar-refractivity contribution is 5.75. The normalized spacial score (nSPS) is 11.6. The monoisotopic (exact) mass is 351 g/mol. The van der Waals surface area contributed by atoms with Crippen molar-refractivity contribution in [3.05, 3.63) is 57.6 Å². The van der Waals surface area contributed by atoms with Crippen molar-refractivity contribution in [1.82, 2.24) is 14.1 Å². The maximum absolute atomic E-state index is 13.0. The van der Waals surface area contributed by atoms with E-state index in [1.165, 1.54) is 5.56 Å². The van der Waals surface area contributed by atoms with Gasteiger partial charge in [-0.3, -0.25) is 9.36 Å². The lowest BCUT2D eigenvalue weighted by Crippen LogP contribution is -2.18. The van der Waals surface area contributed by atoms with Gasteiger partial charge < -0.3 is 4.57 Å². The molecule has 0 spiro atoms. The minimum absolute atomic E-state index is 0.0699. The highest BCUT2D eigenvalue weighted by Gasteiger charge is 2.19. The predicted molar refractivity (Wildman–Crippen MR) is 108 cm³/mol. The Morgan fingerprint density at radius 2 is 1.73 bits per heavy atom. The third-order valence-electron chi connectivity index (χ3n) is 5.15. The van der Waals surface area contributed by atoms with Crippen molar-refractivity contribution >= 4 is 11.2 Å². The molecule has 2 aromatic heterocycles. The average Bonchev–Trinajstić information content (AvgIpc) is 3.03. The van der Waals surface area contributed by atoms with Crippen LogP contribution in [0.25, 0.3) is 16.9 Å². The maximum Gasteiger partial charge on any atom is 0.210 e. The fourth-order valence-electron chi connectivity index (χ4n) is 3.88. The van der Waals surface area contributed by atoms with Crippen molar-refractivity contribution in [2.45, 2.75) is 66.3 Å². The van der Waals surface area contributed by atoms with E-state index < -0.39 is 0 Å². The standard InChI is InChI=1S/C22H29N3O/c1-6-8-18(9-7-2)24-13-17(5)21(26)20-22(24)23-14-25(20)19-11-10-15(3)12-16(19)4/h10-14,18H,6-9H2,1-5H3. The number of benzene rings is 1. The Labute approximate surface area is 155 Å². The van der Waals surface area contributed by atoms with Crippen LogP contribution in [0.15, 0.2) is 35.5 Å². The summed E-state index contributed by atoms with van der Waals surface area (Å²) in [6, 6.07) is 6.69. The molecule has 0 aliphatic heterocycles. The van der Waals surface area contributed by atoms with Gasteiger partial charge in [0.2, 0.25) is 5.43 Å². The molecule has 0 amide bonds. The van der Waals surface area contributed by atoms with Crippen LogP contribution >= 0.6 is 0 Å². The Bertz CT molecular complexity index is 975. The molecule has 0 saturated heterocycles. The Hall–Kier alpha value is -2.36. The van der Waals surface area contributed by atoms with Gasteiger partial charge in [-0.15, -0.1) is 0 Å². The van der Waals surface area contributed by atoms with Crippen LogP contribution in [-0.2, 0) is 0 Å². The van der Waals surface area contributed by atoms with E-state index in [1.54, 1.807) is 6.33 Å². The molecule has 0 fully saturated rings. The van der Waals surface area contributed by atoms with Gasteiger partial charge in [0.05, 0.1) is 5.69 Å². The molecule has 3 rings (SSSR count). The van der Waals surface area contributed by atoms with Crippen LogP contribution in [-0.4, -0.2) is 14.1 Å². The molecular weight excluding hydrogens is 322 g/mol. The van der Waals surface area contributed by atoms with E-state index in [4.69, 9.17) is 0 Å². The molecule has 26 heavy (non-hydrogen) atoms. The van der Waals surface area contributed by atoms with Crippen LogP contribution in [0.2, 0.25) is 0 Å². The van der Waals surface area contributed by atoms with Crippen molar-refractivity contribution in [2.75, 3.05) is 0 Å². The Morgan fingerprint density at radius 1 is 1.04 bits per heavy atom. The van der Waals surface area contributed by atoms with Crippen LogP contribution in [0.4, 0.5) is 0 Å². The van der Waals surface area contributed by atoms with Gasteiger partial charge in [-0.1, -0.05) is 44.4 Å². The highest BCUT2D eigenvalue weighted by Crippen LogP contribution is 2.26. The highest BCUT2D eigenvalue weighted by atomic mass is 16.1. The Kier molecular flexibility index (Phi) is 5.30. The first kappa shape index (κ1) is 18.4. The lowest BCUT2D eigenvalue weighted by molar-refractivity contribution is 0.433. The first-order valence-corrected chi connectivity index (χ1v) is 9.64. The van der Waals surface area contributed by atoms with Crippen LogP contribution in [0.3, 0.4) is 0 Å². The third kappa shape index (κ3) is 3.20. The molecule has 4 heteroatoms. The first-order valence-electron chi connectivity index (χ1n) is 9.64. The largest absolute Gasteiger partial charge is 0.328 e. The molecule has 3 aromatic rings. The van der Waals surface area contributed by atoms with Crippen LogP contribution in [0.5, 0.6) is 0 Å². The number of hydrogen-bond donors (Lipinski definition) is 0. The van der Waals surface area contributed by atoms with Gasteiger partial charge in [-0.05, 0) is 45.2 Å². The lowest BCUT2D eigenvalue weighted by Gasteiger charge is -2.21. The second-order valence-corrected chi connectivity index (χ2v) is 7.36. The van der Waals surface area contributed by atoms with Gasteiger partial charge in [0.15, 0.2) is 5.65 Å². The van der Waals surface area contributed by atoms with Gasteiger partial charge in [-0.2, -0.15) is 0 Å². The predicted octanol–water partition coefficient (Wildman–Crippen LogP) is 5.25. The molecule has 0 aliphatic carbocycles. The Balaban J connectivity index is 2.27. The number of aryl methyl sites for hydroxylation is 3. The first-order chi connectivity index (χ1) is 12.5. The minimum atomic E-state index is 0.0699. The van der Waals surface area contributed by atoms with E-state index in [2.05, 4.69) is 55.4 Å². The number of pyridine rings is 1. The molecule has 2 heterocycles. The summed E-state index contributed by atoms with van der Waals surface area (Å²) in [5.41, 5.74) is 5.73. The van der Waals surface area contributed by atoms with E-state index in [9.17, 15) is 4.79 Å². The average molecular weight is 351 g/mol. The van der Waals surface area contributed by atoms with Crippen molar-refractivity contribution in [1.29, 1.82) is 0 Å². The van der Waals surface area contributed by atoms with Crippen molar-refractivity contribution in [2.24, 2.45) is 0 Å². The molecular formula is C22H29N3O. The number of aromatic nitrogens is 3. The maximum atomic E-state index is 13.0. The van der Waals surface area contributed by atoms with E-state index in [1.807, 2.05) is 17.7 Å². The molecule has 4 nitrogen and oxygen atoms in total. The summed E-state index contributed by atoms with van der Waals surface area (Å²) in [5.74, 6) is 0. The second kappa shape index (κ2) is 7.48. The van der Waals surface area contributed by atoms with E-state index in [0.717, 1.165) is 48.1 Å². The summed E-state index contributed by atoms with van der Waals surface area (Å²) in [7, 11) is 0. The Morgan fingerprint density at radius 3 is 2.35 bits per heavy atom. The van der Waals surface area contributed by atoms with Crippen LogP contribution in [0, 0.1) is 20.8 Å². The van der Waals surface area contributed by atoms with Gasteiger partial charge >= 0.3 is 0 Å². The molecule has 0 atom stereocenters. The smallest absolute Gasteiger partial charge is 0.210 e. The van der Waals surface area contributed by atoms with Gasteiger partial charge in [0, 0.05) is 17.8 Å². The van der Waals surface area contributed by atoms with Gasteiger partial charge in [-0.25, -0.2) is 4.98 Å². The zero-order valence-corrected chi connectivity index (χ0v) is 16.5. The van der Waals surface area contributed by atoms with Crippen LogP contribution < -0.4 is 5.43 Å². The zero-order valence-electron chi connectivity index (χ0n) is 16.5. The SMILES string of the molecule is CCCC(CCC)n1cc(C)c(=O)c2c1ncn2-c1ccc(C)cc1C.